The lowest BCUT2D eigenvalue weighted by Crippen LogP contribution is -2.28. The van der Waals surface area contributed by atoms with Crippen molar-refractivity contribution >= 4 is 23.3 Å². The predicted molar refractivity (Wildman–Crippen MR) is 67.8 cm³/mol. The number of carbonyl (C=O) groups excluding carboxylic acids is 1. The van der Waals surface area contributed by atoms with Gasteiger partial charge in [-0.25, -0.2) is 9.78 Å². The molecule has 0 radical (unpaired) electrons. The van der Waals surface area contributed by atoms with E-state index in [0.29, 0.717) is 6.42 Å². The molecule has 1 aromatic heterocycles. The Morgan fingerprint density at radius 2 is 2.11 bits per heavy atom. The summed E-state index contributed by atoms with van der Waals surface area (Å²) in [4.78, 5) is 27.0. The number of carboxylic acid groups (broad SMARTS) is 1. The first-order valence-electron chi connectivity index (χ1n) is 5.60. The summed E-state index contributed by atoms with van der Waals surface area (Å²) in [7, 11) is 0. The summed E-state index contributed by atoms with van der Waals surface area (Å²) in [6.07, 6.45) is 1.94. The third-order valence-electron chi connectivity index (χ3n) is 2.05. The van der Waals surface area contributed by atoms with Gasteiger partial charge in [0.25, 0.3) is 0 Å². The molecule has 0 saturated heterocycles. The standard InChI is InChI=1S/C12H17NO4S/c1-7(11(16)17-12(2,3)4)5-8-6-13-9(18-8)10(14)15/h6-7H,5H2,1-4H3,(H,14,15). The summed E-state index contributed by atoms with van der Waals surface area (Å²) in [5.41, 5.74) is -0.509. The van der Waals surface area contributed by atoms with Crippen LogP contribution in [0.25, 0.3) is 0 Å². The van der Waals surface area contributed by atoms with Gasteiger partial charge in [0.1, 0.15) is 5.60 Å². The van der Waals surface area contributed by atoms with Crippen molar-refractivity contribution in [3.05, 3.63) is 16.1 Å². The fourth-order valence-electron chi connectivity index (χ4n) is 1.29. The molecule has 0 aromatic carbocycles. The zero-order chi connectivity index (χ0) is 13.9. The van der Waals surface area contributed by atoms with E-state index in [-0.39, 0.29) is 16.9 Å². The molecule has 0 aliphatic carbocycles. The van der Waals surface area contributed by atoms with Crippen molar-refractivity contribution in [1.82, 2.24) is 4.98 Å². The quantitative estimate of drug-likeness (QED) is 0.851. The van der Waals surface area contributed by atoms with Gasteiger partial charge in [-0.1, -0.05) is 6.92 Å². The fraction of sp³-hybridized carbons (Fsp3) is 0.583. The minimum atomic E-state index is -1.05. The molecule has 1 N–H and O–H groups in total. The third-order valence-corrected chi connectivity index (χ3v) is 3.06. The average Bonchev–Trinajstić information content (AvgIpc) is 2.63. The van der Waals surface area contributed by atoms with Crippen molar-refractivity contribution in [2.75, 3.05) is 0 Å². The van der Waals surface area contributed by atoms with E-state index in [9.17, 15) is 9.59 Å². The molecular formula is C12H17NO4S. The minimum Gasteiger partial charge on any atom is -0.476 e. The number of hydrogen-bond acceptors (Lipinski definition) is 5. The summed E-state index contributed by atoms with van der Waals surface area (Å²) in [6, 6.07) is 0. The molecule has 0 saturated carbocycles. The number of esters is 1. The van der Waals surface area contributed by atoms with E-state index >= 15 is 0 Å². The zero-order valence-corrected chi connectivity index (χ0v) is 11.7. The Kier molecular flexibility index (Phi) is 4.45. The monoisotopic (exact) mass is 271 g/mol. The highest BCUT2D eigenvalue weighted by Gasteiger charge is 2.22. The first-order valence-corrected chi connectivity index (χ1v) is 6.41. The van der Waals surface area contributed by atoms with Crippen LogP contribution >= 0.6 is 11.3 Å². The second kappa shape index (κ2) is 5.48. The van der Waals surface area contributed by atoms with Gasteiger partial charge in [-0.05, 0) is 27.2 Å². The number of thiazole rings is 1. The maximum Gasteiger partial charge on any atom is 0.365 e. The van der Waals surface area contributed by atoms with Gasteiger partial charge in [-0.3, -0.25) is 4.79 Å². The number of hydrogen-bond donors (Lipinski definition) is 1. The topological polar surface area (TPSA) is 76.5 Å². The maximum absolute atomic E-state index is 11.7. The van der Waals surface area contributed by atoms with E-state index in [2.05, 4.69) is 4.98 Å². The Hall–Kier alpha value is -1.43. The fourth-order valence-corrected chi connectivity index (χ4v) is 2.17. The summed E-state index contributed by atoms with van der Waals surface area (Å²) in [5.74, 6) is -1.64. The van der Waals surface area contributed by atoms with E-state index in [1.54, 1.807) is 6.92 Å². The van der Waals surface area contributed by atoms with Gasteiger partial charge in [0.2, 0.25) is 5.01 Å². The number of aromatic carboxylic acids is 1. The molecule has 1 aromatic rings. The molecule has 100 valence electrons. The smallest absolute Gasteiger partial charge is 0.365 e. The number of rotatable bonds is 4. The highest BCUT2D eigenvalue weighted by molar-refractivity contribution is 7.13. The van der Waals surface area contributed by atoms with Gasteiger partial charge in [0.05, 0.1) is 5.92 Å². The molecule has 1 heterocycles. The van der Waals surface area contributed by atoms with Crippen LogP contribution in [0.5, 0.6) is 0 Å². The number of nitrogens with zero attached hydrogens (tertiary/aromatic N) is 1. The molecule has 1 unspecified atom stereocenters. The summed E-state index contributed by atoms with van der Waals surface area (Å²) < 4.78 is 5.25. The van der Waals surface area contributed by atoms with Crippen LogP contribution in [0, 0.1) is 5.92 Å². The van der Waals surface area contributed by atoms with Crippen LogP contribution in [0.1, 0.15) is 42.4 Å². The Morgan fingerprint density at radius 1 is 1.50 bits per heavy atom. The molecule has 0 amide bonds. The molecule has 5 nitrogen and oxygen atoms in total. The summed E-state index contributed by atoms with van der Waals surface area (Å²) >= 11 is 1.09. The summed E-state index contributed by atoms with van der Waals surface area (Å²) in [5, 5.41) is 8.79. The van der Waals surface area contributed by atoms with E-state index in [1.807, 2.05) is 20.8 Å². The predicted octanol–water partition coefficient (Wildman–Crippen LogP) is 2.36. The SMILES string of the molecule is CC(Cc1cnc(C(=O)O)s1)C(=O)OC(C)(C)C. The summed E-state index contributed by atoms with van der Waals surface area (Å²) in [6.45, 7) is 7.20. The molecule has 0 spiro atoms. The Balaban J connectivity index is 2.61. The number of carboxylic acids is 1. The number of carbonyl (C=O) groups is 2. The molecule has 1 rings (SSSR count). The molecule has 0 aliphatic heterocycles. The molecule has 0 aliphatic rings. The number of ether oxygens (including phenoxy) is 1. The Morgan fingerprint density at radius 3 is 2.56 bits per heavy atom. The van der Waals surface area contributed by atoms with Gasteiger partial charge in [-0.2, -0.15) is 0 Å². The highest BCUT2D eigenvalue weighted by atomic mass is 32.1. The van der Waals surface area contributed by atoms with Crippen molar-refractivity contribution in [3.8, 4) is 0 Å². The van der Waals surface area contributed by atoms with Crippen LogP contribution in [0.4, 0.5) is 0 Å². The van der Waals surface area contributed by atoms with Gasteiger partial charge < -0.3 is 9.84 Å². The average molecular weight is 271 g/mol. The van der Waals surface area contributed by atoms with Crippen LogP contribution in [-0.4, -0.2) is 27.6 Å². The lowest BCUT2D eigenvalue weighted by atomic mass is 10.1. The second-order valence-corrected chi connectivity index (χ2v) is 6.19. The van der Waals surface area contributed by atoms with E-state index < -0.39 is 11.6 Å². The molecule has 0 bridgehead atoms. The van der Waals surface area contributed by atoms with Crippen molar-refractivity contribution in [3.63, 3.8) is 0 Å². The molecule has 0 fully saturated rings. The van der Waals surface area contributed by atoms with Gasteiger partial charge in [-0.15, -0.1) is 11.3 Å². The van der Waals surface area contributed by atoms with Crippen LogP contribution in [0.15, 0.2) is 6.20 Å². The maximum atomic E-state index is 11.7. The van der Waals surface area contributed by atoms with Crippen LogP contribution in [-0.2, 0) is 16.0 Å². The van der Waals surface area contributed by atoms with E-state index in [0.717, 1.165) is 16.2 Å². The lowest BCUT2D eigenvalue weighted by molar-refractivity contribution is -0.159. The normalized spacial score (nSPS) is 13.1. The molecular weight excluding hydrogens is 254 g/mol. The van der Waals surface area contributed by atoms with Gasteiger partial charge >= 0.3 is 11.9 Å². The van der Waals surface area contributed by atoms with E-state index in [1.165, 1.54) is 6.20 Å². The Labute approximate surface area is 110 Å². The van der Waals surface area contributed by atoms with Crippen molar-refractivity contribution < 1.29 is 19.4 Å². The third kappa shape index (κ3) is 4.44. The van der Waals surface area contributed by atoms with Crippen molar-refractivity contribution in [2.24, 2.45) is 5.92 Å². The minimum absolute atomic E-state index is 0.0430. The van der Waals surface area contributed by atoms with E-state index in [4.69, 9.17) is 9.84 Å². The molecule has 6 heteroatoms. The first kappa shape index (κ1) is 14.6. The van der Waals surface area contributed by atoms with Crippen LogP contribution in [0.3, 0.4) is 0 Å². The van der Waals surface area contributed by atoms with Crippen molar-refractivity contribution in [2.45, 2.75) is 39.7 Å². The van der Waals surface area contributed by atoms with Crippen LogP contribution < -0.4 is 0 Å². The zero-order valence-electron chi connectivity index (χ0n) is 10.9. The van der Waals surface area contributed by atoms with Gasteiger partial charge in [0, 0.05) is 11.1 Å². The van der Waals surface area contributed by atoms with Gasteiger partial charge in [0.15, 0.2) is 0 Å². The number of aromatic nitrogens is 1. The molecule has 18 heavy (non-hydrogen) atoms. The van der Waals surface area contributed by atoms with Crippen molar-refractivity contribution in [1.29, 1.82) is 0 Å². The first-order chi connectivity index (χ1) is 8.19. The lowest BCUT2D eigenvalue weighted by Gasteiger charge is -2.21. The van der Waals surface area contributed by atoms with Crippen LogP contribution in [0.2, 0.25) is 0 Å². The highest BCUT2D eigenvalue weighted by Crippen LogP contribution is 2.19. The molecule has 1 atom stereocenters. The largest absolute Gasteiger partial charge is 0.476 e. The second-order valence-electron chi connectivity index (χ2n) is 5.08. The Bertz CT molecular complexity index is 447.